The van der Waals surface area contributed by atoms with Gasteiger partial charge in [0, 0.05) is 24.3 Å². The molecule has 1 unspecified atom stereocenters. The zero-order valence-electron chi connectivity index (χ0n) is 10.7. The van der Waals surface area contributed by atoms with Gasteiger partial charge in [-0.2, -0.15) is 0 Å². The average Bonchev–Trinajstić information content (AvgIpc) is 2.54. The minimum atomic E-state index is 0.225. The molecule has 1 aliphatic rings. The van der Waals surface area contributed by atoms with Crippen LogP contribution in [-0.2, 0) is 0 Å². The standard InChI is InChI=1S/C14H20BrNO2/c1-10(7-8-17)16-13-6-3-9-18-14-11(13)4-2-5-12(14)15/h2,4-5,10,13,16-17H,3,6-9H2,1H3/t10-,13?/m1/s1. The molecule has 2 rings (SSSR count). The molecule has 2 N–H and O–H groups in total. The van der Waals surface area contributed by atoms with Crippen molar-refractivity contribution >= 4 is 15.9 Å². The van der Waals surface area contributed by atoms with E-state index in [1.807, 2.05) is 12.1 Å². The predicted molar refractivity (Wildman–Crippen MR) is 75.9 cm³/mol. The third-order valence-electron chi connectivity index (χ3n) is 3.30. The van der Waals surface area contributed by atoms with E-state index in [0.29, 0.717) is 12.1 Å². The Morgan fingerprint density at radius 1 is 1.56 bits per heavy atom. The molecule has 1 aromatic carbocycles. The molecule has 0 aliphatic carbocycles. The number of ether oxygens (including phenoxy) is 1. The highest BCUT2D eigenvalue weighted by molar-refractivity contribution is 9.10. The second-order valence-corrected chi connectivity index (χ2v) is 5.64. The maximum absolute atomic E-state index is 8.99. The lowest BCUT2D eigenvalue weighted by atomic mass is 10.0. The number of rotatable bonds is 4. The quantitative estimate of drug-likeness (QED) is 0.897. The number of benzene rings is 1. The lowest BCUT2D eigenvalue weighted by Crippen LogP contribution is -2.31. The van der Waals surface area contributed by atoms with Crippen molar-refractivity contribution < 1.29 is 9.84 Å². The number of nitrogens with one attached hydrogen (secondary N) is 1. The molecule has 0 fully saturated rings. The molecule has 4 heteroatoms. The summed E-state index contributed by atoms with van der Waals surface area (Å²) in [6.07, 6.45) is 2.89. The van der Waals surface area contributed by atoms with Crippen LogP contribution in [0.5, 0.6) is 5.75 Å². The number of fused-ring (bicyclic) bond motifs is 1. The smallest absolute Gasteiger partial charge is 0.138 e. The summed E-state index contributed by atoms with van der Waals surface area (Å²) >= 11 is 3.55. The first-order valence-corrected chi connectivity index (χ1v) is 7.29. The summed E-state index contributed by atoms with van der Waals surface area (Å²) in [6, 6.07) is 6.79. The molecule has 1 heterocycles. The fraction of sp³-hybridized carbons (Fsp3) is 0.571. The number of aliphatic hydroxyl groups excluding tert-OH is 1. The van der Waals surface area contributed by atoms with Gasteiger partial charge in [-0.1, -0.05) is 12.1 Å². The van der Waals surface area contributed by atoms with Gasteiger partial charge in [-0.05, 0) is 48.2 Å². The zero-order valence-corrected chi connectivity index (χ0v) is 12.2. The zero-order chi connectivity index (χ0) is 13.0. The van der Waals surface area contributed by atoms with Crippen molar-refractivity contribution in [2.75, 3.05) is 13.2 Å². The molecule has 1 aromatic rings. The maximum Gasteiger partial charge on any atom is 0.138 e. The van der Waals surface area contributed by atoms with E-state index in [9.17, 15) is 0 Å². The molecular weight excluding hydrogens is 294 g/mol. The van der Waals surface area contributed by atoms with Crippen LogP contribution in [-0.4, -0.2) is 24.4 Å². The molecule has 18 heavy (non-hydrogen) atoms. The normalized spacial score (nSPS) is 20.7. The Balaban J connectivity index is 2.19. The Kier molecular flexibility index (Phi) is 5.03. The van der Waals surface area contributed by atoms with Crippen molar-refractivity contribution in [1.82, 2.24) is 5.32 Å². The van der Waals surface area contributed by atoms with Crippen molar-refractivity contribution in [3.8, 4) is 5.75 Å². The third-order valence-corrected chi connectivity index (χ3v) is 3.93. The SMILES string of the molecule is C[C@H](CCO)NC1CCCOc2c(Br)cccc21. The molecule has 0 saturated heterocycles. The van der Waals surface area contributed by atoms with Crippen LogP contribution in [0.3, 0.4) is 0 Å². The van der Waals surface area contributed by atoms with Crippen LogP contribution in [0.25, 0.3) is 0 Å². The average molecular weight is 314 g/mol. The van der Waals surface area contributed by atoms with Crippen molar-refractivity contribution in [2.45, 2.75) is 38.3 Å². The largest absolute Gasteiger partial charge is 0.492 e. The molecule has 0 bridgehead atoms. The van der Waals surface area contributed by atoms with Crippen LogP contribution < -0.4 is 10.1 Å². The first-order chi connectivity index (χ1) is 8.72. The lowest BCUT2D eigenvalue weighted by molar-refractivity contribution is 0.261. The van der Waals surface area contributed by atoms with Crippen LogP contribution in [0.15, 0.2) is 22.7 Å². The summed E-state index contributed by atoms with van der Waals surface area (Å²) in [5.74, 6) is 0.962. The second kappa shape index (κ2) is 6.55. The number of aliphatic hydroxyl groups is 1. The Morgan fingerprint density at radius 3 is 3.17 bits per heavy atom. The van der Waals surface area contributed by atoms with Crippen molar-refractivity contribution in [3.05, 3.63) is 28.2 Å². The Hall–Kier alpha value is -0.580. The lowest BCUT2D eigenvalue weighted by Gasteiger charge is -2.23. The molecule has 0 amide bonds. The van der Waals surface area contributed by atoms with E-state index in [0.717, 1.165) is 36.1 Å². The highest BCUT2D eigenvalue weighted by atomic mass is 79.9. The third kappa shape index (κ3) is 3.25. The molecule has 0 spiro atoms. The second-order valence-electron chi connectivity index (χ2n) is 4.78. The van der Waals surface area contributed by atoms with Crippen molar-refractivity contribution in [2.24, 2.45) is 0 Å². The first kappa shape index (κ1) is 13.8. The molecule has 1 aliphatic heterocycles. The highest BCUT2D eigenvalue weighted by Crippen LogP contribution is 2.37. The van der Waals surface area contributed by atoms with Crippen molar-refractivity contribution in [3.63, 3.8) is 0 Å². The molecule has 0 aromatic heterocycles. The maximum atomic E-state index is 8.99. The minimum absolute atomic E-state index is 0.225. The van der Waals surface area contributed by atoms with Gasteiger partial charge in [-0.15, -0.1) is 0 Å². The van der Waals surface area contributed by atoms with E-state index >= 15 is 0 Å². The molecular formula is C14H20BrNO2. The highest BCUT2D eigenvalue weighted by Gasteiger charge is 2.22. The minimum Gasteiger partial charge on any atom is -0.492 e. The van der Waals surface area contributed by atoms with Crippen LogP contribution in [0, 0.1) is 0 Å². The van der Waals surface area contributed by atoms with Gasteiger partial charge >= 0.3 is 0 Å². The summed E-state index contributed by atoms with van der Waals surface area (Å²) < 4.78 is 6.83. The summed E-state index contributed by atoms with van der Waals surface area (Å²) in [5, 5.41) is 12.6. The Labute approximate surface area is 117 Å². The van der Waals surface area contributed by atoms with Crippen LogP contribution >= 0.6 is 15.9 Å². The van der Waals surface area contributed by atoms with Gasteiger partial charge in [0.15, 0.2) is 0 Å². The molecule has 100 valence electrons. The molecule has 0 saturated carbocycles. The van der Waals surface area contributed by atoms with E-state index < -0.39 is 0 Å². The first-order valence-electron chi connectivity index (χ1n) is 6.50. The van der Waals surface area contributed by atoms with E-state index in [4.69, 9.17) is 9.84 Å². The summed E-state index contributed by atoms with van der Waals surface area (Å²) in [6.45, 7) is 3.10. The van der Waals surface area contributed by atoms with E-state index in [2.05, 4.69) is 34.2 Å². The topological polar surface area (TPSA) is 41.5 Å². The summed E-state index contributed by atoms with van der Waals surface area (Å²) in [7, 11) is 0. The molecule has 3 nitrogen and oxygen atoms in total. The fourth-order valence-electron chi connectivity index (χ4n) is 2.36. The van der Waals surface area contributed by atoms with Crippen LogP contribution in [0.1, 0.15) is 37.8 Å². The van der Waals surface area contributed by atoms with E-state index in [1.54, 1.807) is 0 Å². The van der Waals surface area contributed by atoms with E-state index in [1.165, 1.54) is 5.56 Å². The van der Waals surface area contributed by atoms with Crippen LogP contribution in [0.2, 0.25) is 0 Å². The van der Waals surface area contributed by atoms with Gasteiger partial charge in [0.25, 0.3) is 0 Å². The van der Waals surface area contributed by atoms with Gasteiger partial charge < -0.3 is 15.2 Å². The van der Waals surface area contributed by atoms with Gasteiger partial charge in [0.1, 0.15) is 5.75 Å². The van der Waals surface area contributed by atoms with Gasteiger partial charge in [-0.25, -0.2) is 0 Å². The Morgan fingerprint density at radius 2 is 2.39 bits per heavy atom. The molecule has 0 radical (unpaired) electrons. The predicted octanol–water partition coefficient (Wildman–Crippen LogP) is 3.02. The number of para-hydroxylation sites is 1. The number of hydrogen-bond donors (Lipinski definition) is 2. The van der Waals surface area contributed by atoms with Gasteiger partial charge in [0.2, 0.25) is 0 Å². The summed E-state index contributed by atoms with van der Waals surface area (Å²) in [5.41, 5.74) is 1.21. The monoisotopic (exact) mass is 313 g/mol. The fourth-order valence-corrected chi connectivity index (χ4v) is 2.86. The number of halogens is 1. The van der Waals surface area contributed by atoms with Gasteiger partial charge in [-0.3, -0.25) is 0 Å². The number of hydrogen-bond acceptors (Lipinski definition) is 3. The summed E-state index contributed by atoms with van der Waals surface area (Å²) in [4.78, 5) is 0. The van der Waals surface area contributed by atoms with Crippen molar-refractivity contribution in [1.29, 1.82) is 0 Å². The Bertz CT molecular complexity index is 397. The molecule has 2 atom stereocenters. The van der Waals surface area contributed by atoms with Crippen LogP contribution in [0.4, 0.5) is 0 Å². The van der Waals surface area contributed by atoms with Gasteiger partial charge in [0.05, 0.1) is 11.1 Å². The van der Waals surface area contributed by atoms with E-state index in [-0.39, 0.29) is 6.61 Å².